The summed E-state index contributed by atoms with van der Waals surface area (Å²) in [5.74, 6) is -2.30. The lowest BCUT2D eigenvalue weighted by Crippen LogP contribution is -2.44. The largest absolute Gasteiger partial charge is 0.545 e. The van der Waals surface area contributed by atoms with Crippen LogP contribution in [0.5, 0.6) is 0 Å². The number of hydrogen-bond acceptors (Lipinski definition) is 8. The third-order valence-corrected chi connectivity index (χ3v) is 14.8. The molecule has 0 saturated heterocycles. The second kappa shape index (κ2) is 68.8. The molecule has 89 heavy (non-hydrogen) atoms. The summed E-state index contributed by atoms with van der Waals surface area (Å²) in [7, 11) is 5.92. The Labute approximate surface area is 546 Å². The summed E-state index contributed by atoms with van der Waals surface area (Å²) in [5.41, 5.74) is 0. The van der Waals surface area contributed by atoms with E-state index in [0.717, 1.165) is 135 Å². The number of aliphatic carboxylic acids is 1. The fourth-order valence-electron chi connectivity index (χ4n) is 9.40. The van der Waals surface area contributed by atoms with Crippen molar-refractivity contribution >= 4 is 17.9 Å². The van der Waals surface area contributed by atoms with Crippen molar-refractivity contribution in [2.24, 2.45) is 0 Å². The summed E-state index contributed by atoms with van der Waals surface area (Å²) < 4.78 is 22.8. The number of hydrogen-bond donors (Lipinski definition) is 0. The highest BCUT2D eigenvalue weighted by molar-refractivity contribution is 5.70. The second-order valence-corrected chi connectivity index (χ2v) is 24.4. The molecule has 0 saturated carbocycles. The Hall–Kier alpha value is -5.09. The Morgan fingerprint density at radius 1 is 0.337 bits per heavy atom. The van der Waals surface area contributed by atoms with E-state index in [-0.39, 0.29) is 38.6 Å². The lowest BCUT2D eigenvalue weighted by Gasteiger charge is -2.26. The molecule has 0 aliphatic carbocycles. The molecule has 0 heterocycles. The number of quaternary nitrogens is 1. The molecule has 0 radical (unpaired) electrons. The third kappa shape index (κ3) is 70.2. The maximum Gasteiger partial charge on any atom is 0.306 e. The van der Waals surface area contributed by atoms with Gasteiger partial charge in [-0.1, -0.05) is 294 Å². The Bertz CT molecular complexity index is 2020. The van der Waals surface area contributed by atoms with Gasteiger partial charge in [0.25, 0.3) is 0 Å². The van der Waals surface area contributed by atoms with Gasteiger partial charge in [-0.15, -0.1) is 0 Å². The van der Waals surface area contributed by atoms with Gasteiger partial charge in [-0.05, 0) is 122 Å². The van der Waals surface area contributed by atoms with E-state index < -0.39 is 24.3 Å². The molecule has 0 spiro atoms. The van der Waals surface area contributed by atoms with Crippen molar-refractivity contribution in [1.29, 1.82) is 0 Å². The number of rotatable bonds is 64. The monoisotopic (exact) mass is 1230 g/mol. The van der Waals surface area contributed by atoms with Crippen molar-refractivity contribution in [3.05, 3.63) is 158 Å². The summed E-state index contributed by atoms with van der Waals surface area (Å²) in [6.07, 6.45) is 98.9. The van der Waals surface area contributed by atoms with E-state index in [1.165, 1.54) is 103 Å². The van der Waals surface area contributed by atoms with Crippen molar-refractivity contribution in [3.63, 3.8) is 0 Å². The van der Waals surface area contributed by atoms with Crippen LogP contribution in [0.25, 0.3) is 0 Å². The first-order chi connectivity index (χ1) is 43.6. The van der Waals surface area contributed by atoms with Crippen LogP contribution in [0.4, 0.5) is 0 Å². The number of esters is 2. The molecule has 0 amide bonds. The number of allylic oxidation sites excluding steroid dienone is 26. The molecule has 0 bridgehead atoms. The molecule has 0 fully saturated rings. The van der Waals surface area contributed by atoms with Gasteiger partial charge in [-0.3, -0.25) is 9.59 Å². The number of carboxylic acids is 1. The Morgan fingerprint density at radius 2 is 0.607 bits per heavy atom. The number of nitrogens with zero attached hydrogens (tertiary/aromatic N) is 1. The highest BCUT2D eigenvalue weighted by Gasteiger charge is 2.22. The topological polar surface area (TPSA) is 111 Å². The summed E-state index contributed by atoms with van der Waals surface area (Å²) in [6.45, 7) is 4.51. The minimum absolute atomic E-state index is 0.140. The van der Waals surface area contributed by atoms with Crippen molar-refractivity contribution in [2.45, 2.75) is 283 Å². The normalized spacial score (nSPS) is 13.7. The van der Waals surface area contributed by atoms with Gasteiger partial charge >= 0.3 is 11.9 Å². The van der Waals surface area contributed by atoms with E-state index in [2.05, 4.69) is 172 Å². The van der Waals surface area contributed by atoms with Crippen LogP contribution >= 0.6 is 0 Å². The number of carboxylic acid groups (broad SMARTS) is 1. The zero-order chi connectivity index (χ0) is 64.7. The zero-order valence-corrected chi connectivity index (χ0v) is 57.5. The first kappa shape index (κ1) is 83.9. The third-order valence-electron chi connectivity index (χ3n) is 14.8. The number of carbonyl (C=O) groups excluding carboxylic acids is 3. The van der Waals surface area contributed by atoms with Crippen LogP contribution in [0.15, 0.2) is 158 Å². The molecule has 9 nitrogen and oxygen atoms in total. The van der Waals surface area contributed by atoms with E-state index in [4.69, 9.17) is 18.9 Å². The predicted molar refractivity (Wildman–Crippen MR) is 379 cm³/mol. The summed E-state index contributed by atoms with van der Waals surface area (Å²) >= 11 is 0. The molecule has 0 aliphatic heterocycles. The maximum absolute atomic E-state index is 12.9. The molecular weight excluding hydrogens is 1100 g/mol. The Balaban J connectivity index is 4.13. The van der Waals surface area contributed by atoms with Crippen molar-refractivity contribution in [2.75, 3.05) is 47.5 Å². The van der Waals surface area contributed by atoms with Gasteiger partial charge in [0.05, 0.1) is 40.3 Å². The van der Waals surface area contributed by atoms with Crippen molar-refractivity contribution < 1.29 is 42.9 Å². The second-order valence-electron chi connectivity index (χ2n) is 24.4. The standard InChI is InChI=1S/C80H131NO8/c1-6-8-10-12-14-16-18-20-22-24-26-28-30-32-33-34-35-36-37-38-39-40-41-42-43-44-45-47-49-51-53-55-57-59-61-63-65-67-69-71-78(83)89-76(75-88-80(79(84)85)86-73-72-81(3,4)5)74-87-77(82)70-68-66-64-62-60-58-56-54-52-50-48-46-31-29-27-25-23-21-19-17-15-13-11-9-7-2/h8-11,14-17,20-23,26-29,32-33,35-36,38-39,41-42,46,48,76,80H,6-7,12-13,18-19,24-25,30-31,34,37,40,43-45,47,49-75H2,1-5H3/b10-8-,11-9-,16-14-,17-15-,22-20-,23-21-,28-26-,29-27-,33-32-,36-35-,39-38-,42-41-,48-46-. The quantitative estimate of drug-likeness (QED) is 0.0195. The van der Waals surface area contributed by atoms with Gasteiger partial charge in [0.2, 0.25) is 0 Å². The van der Waals surface area contributed by atoms with E-state index >= 15 is 0 Å². The molecule has 2 unspecified atom stereocenters. The maximum atomic E-state index is 12.9. The number of unbranched alkanes of at least 4 members (excludes halogenated alkanes) is 23. The van der Waals surface area contributed by atoms with Gasteiger partial charge in [-0.2, -0.15) is 0 Å². The van der Waals surface area contributed by atoms with Crippen LogP contribution in [0, 0.1) is 0 Å². The van der Waals surface area contributed by atoms with Crippen LogP contribution in [0.3, 0.4) is 0 Å². The van der Waals surface area contributed by atoms with E-state index in [1.54, 1.807) is 0 Å². The summed E-state index contributed by atoms with van der Waals surface area (Å²) in [6, 6.07) is 0. The van der Waals surface area contributed by atoms with Gasteiger partial charge in [0.1, 0.15) is 13.2 Å². The molecular formula is C80H131NO8. The lowest BCUT2D eigenvalue weighted by atomic mass is 10.0. The van der Waals surface area contributed by atoms with E-state index in [0.29, 0.717) is 17.4 Å². The molecule has 0 aromatic heterocycles. The molecule has 9 heteroatoms. The van der Waals surface area contributed by atoms with Gasteiger partial charge < -0.3 is 33.3 Å². The highest BCUT2D eigenvalue weighted by atomic mass is 16.7. The fraction of sp³-hybridized carbons (Fsp3) is 0.637. The van der Waals surface area contributed by atoms with Crippen LogP contribution in [0.1, 0.15) is 271 Å². The van der Waals surface area contributed by atoms with Gasteiger partial charge in [0, 0.05) is 12.8 Å². The Kier molecular flexibility index (Phi) is 64.9. The average molecular weight is 1230 g/mol. The SMILES string of the molecule is CC/C=C\C/C=C\C/C=C\C/C=C\C/C=C\C/C=C\C/C=C\C/C=C\CCCCCCCCCCCCCCCCC(=O)OC(COC(=O)CCCCCCCCCCC/C=C\C/C=C\C/C=C\C/C=C\C/C=C\CC)COC(OCC[N+](C)(C)C)C(=O)[O-]. The molecule has 0 aromatic rings. The number of carbonyl (C=O) groups is 3. The molecule has 0 rings (SSSR count). The van der Waals surface area contributed by atoms with Crippen LogP contribution in [-0.4, -0.2) is 82.3 Å². The molecule has 0 aromatic carbocycles. The van der Waals surface area contributed by atoms with E-state index in [9.17, 15) is 19.5 Å². The number of ether oxygens (including phenoxy) is 4. The van der Waals surface area contributed by atoms with Gasteiger partial charge in [0.15, 0.2) is 12.4 Å². The first-order valence-corrected chi connectivity index (χ1v) is 35.6. The zero-order valence-electron chi connectivity index (χ0n) is 57.5. The minimum Gasteiger partial charge on any atom is -0.545 e. The Morgan fingerprint density at radius 3 is 0.899 bits per heavy atom. The highest BCUT2D eigenvalue weighted by Crippen LogP contribution is 2.16. The average Bonchev–Trinajstić information content (AvgIpc) is 3.64. The van der Waals surface area contributed by atoms with Crippen molar-refractivity contribution in [1.82, 2.24) is 0 Å². The predicted octanol–water partition coefficient (Wildman–Crippen LogP) is 21.1. The molecule has 0 aliphatic rings. The van der Waals surface area contributed by atoms with E-state index in [1.807, 2.05) is 21.1 Å². The van der Waals surface area contributed by atoms with Crippen LogP contribution < -0.4 is 5.11 Å². The summed E-state index contributed by atoms with van der Waals surface area (Å²) in [5, 5.41) is 11.8. The van der Waals surface area contributed by atoms with Crippen LogP contribution in [0.2, 0.25) is 0 Å². The van der Waals surface area contributed by atoms with Crippen LogP contribution in [-0.2, 0) is 33.3 Å². The lowest BCUT2D eigenvalue weighted by molar-refractivity contribution is -0.870. The molecule has 0 N–H and O–H groups in total. The minimum atomic E-state index is -1.63. The van der Waals surface area contributed by atoms with Crippen molar-refractivity contribution in [3.8, 4) is 0 Å². The first-order valence-electron chi connectivity index (χ1n) is 35.6. The fourth-order valence-corrected chi connectivity index (χ4v) is 9.40. The van der Waals surface area contributed by atoms with Gasteiger partial charge in [-0.25, -0.2) is 0 Å². The summed E-state index contributed by atoms with van der Waals surface area (Å²) in [4.78, 5) is 37.5. The molecule has 2 atom stereocenters. The molecule has 504 valence electrons. The smallest absolute Gasteiger partial charge is 0.306 e. The number of likely N-dealkylation sites (N-methyl/N-ethyl adjacent to an activating group) is 1.